The van der Waals surface area contributed by atoms with E-state index < -0.39 is 0 Å². The average Bonchev–Trinajstić information content (AvgIpc) is 2.76. The standard InChI is InChI=1S/C14H18BrNO3/c1-8-3-4-11(19-8)7-18-14(17)12-5-10(15)6-13(16)9(12)2/h5-6,8,11H,3-4,7,16H2,1-2H3. The van der Waals surface area contributed by atoms with Crippen molar-refractivity contribution in [3.05, 3.63) is 27.7 Å². The van der Waals surface area contributed by atoms with Gasteiger partial charge in [0.25, 0.3) is 0 Å². The fourth-order valence-corrected chi connectivity index (χ4v) is 2.64. The predicted octanol–water partition coefficient (Wildman–Crippen LogP) is 3.06. The van der Waals surface area contributed by atoms with Gasteiger partial charge in [0, 0.05) is 10.2 Å². The van der Waals surface area contributed by atoms with Crippen molar-refractivity contribution in [1.29, 1.82) is 0 Å². The van der Waals surface area contributed by atoms with Crippen molar-refractivity contribution in [3.63, 3.8) is 0 Å². The first kappa shape index (κ1) is 14.3. The van der Waals surface area contributed by atoms with Gasteiger partial charge < -0.3 is 15.2 Å². The number of hydrogen-bond acceptors (Lipinski definition) is 4. The molecule has 2 rings (SSSR count). The highest BCUT2D eigenvalue weighted by molar-refractivity contribution is 9.10. The number of anilines is 1. The Kier molecular flexibility index (Phi) is 4.47. The Morgan fingerprint density at radius 2 is 2.26 bits per heavy atom. The maximum atomic E-state index is 12.1. The van der Waals surface area contributed by atoms with Crippen LogP contribution in [0.2, 0.25) is 0 Å². The van der Waals surface area contributed by atoms with Crippen molar-refractivity contribution in [2.45, 2.75) is 38.9 Å². The number of ether oxygens (including phenoxy) is 2. The average molecular weight is 328 g/mol. The minimum atomic E-state index is -0.353. The number of hydrogen-bond donors (Lipinski definition) is 1. The molecule has 0 bridgehead atoms. The van der Waals surface area contributed by atoms with Crippen LogP contribution in [0.4, 0.5) is 5.69 Å². The van der Waals surface area contributed by atoms with Gasteiger partial charge in [0.1, 0.15) is 6.61 Å². The second kappa shape index (κ2) is 5.92. The summed E-state index contributed by atoms with van der Waals surface area (Å²) in [5.74, 6) is -0.353. The fraction of sp³-hybridized carbons (Fsp3) is 0.500. The third-order valence-corrected chi connectivity index (χ3v) is 3.81. The van der Waals surface area contributed by atoms with Gasteiger partial charge in [0.15, 0.2) is 0 Å². The minimum Gasteiger partial charge on any atom is -0.459 e. The number of halogens is 1. The van der Waals surface area contributed by atoms with Gasteiger partial charge in [0.2, 0.25) is 0 Å². The van der Waals surface area contributed by atoms with E-state index in [1.54, 1.807) is 12.1 Å². The highest BCUT2D eigenvalue weighted by Crippen LogP contribution is 2.24. The topological polar surface area (TPSA) is 61.6 Å². The molecule has 2 unspecified atom stereocenters. The third-order valence-electron chi connectivity index (χ3n) is 3.35. The monoisotopic (exact) mass is 327 g/mol. The highest BCUT2D eigenvalue weighted by atomic mass is 79.9. The Labute approximate surface area is 121 Å². The Balaban J connectivity index is 2.00. The molecule has 0 aromatic heterocycles. The van der Waals surface area contributed by atoms with Crippen LogP contribution < -0.4 is 5.73 Å². The van der Waals surface area contributed by atoms with Crippen molar-refractivity contribution < 1.29 is 14.3 Å². The van der Waals surface area contributed by atoms with Crippen LogP contribution in [0.3, 0.4) is 0 Å². The molecular formula is C14H18BrNO3. The van der Waals surface area contributed by atoms with Gasteiger partial charge in [0.05, 0.1) is 17.8 Å². The molecule has 1 aliphatic heterocycles. The van der Waals surface area contributed by atoms with Crippen molar-refractivity contribution in [2.24, 2.45) is 0 Å². The van der Waals surface area contributed by atoms with E-state index in [4.69, 9.17) is 15.2 Å². The Morgan fingerprint density at radius 1 is 1.53 bits per heavy atom. The van der Waals surface area contributed by atoms with Crippen LogP contribution in [0.15, 0.2) is 16.6 Å². The van der Waals surface area contributed by atoms with Crippen molar-refractivity contribution in [3.8, 4) is 0 Å². The van der Waals surface area contributed by atoms with E-state index in [0.29, 0.717) is 17.9 Å². The molecule has 0 aliphatic carbocycles. The molecule has 1 saturated heterocycles. The molecule has 0 saturated carbocycles. The summed E-state index contributed by atoms with van der Waals surface area (Å²) >= 11 is 3.33. The van der Waals surface area contributed by atoms with Crippen LogP contribution in [-0.4, -0.2) is 24.8 Å². The number of carbonyl (C=O) groups is 1. The summed E-state index contributed by atoms with van der Waals surface area (Å²) in [6.07, 6.45) is 2.23. The number of carbonyl (C=O) groups excluding carboxylic acids is 1. The largest absolute Gasteiger partial charge is 0.459 e. The molecule has 2 N–H and O–H groups in total. The molecule has 2 atom stereocenters. The molecule has 0 radical (unpaired) electrons. The van der Waals surface area contributed by atoms with Gasteiger partial charge in [-0.25, -0.2) is 4.79 Å². The van der Waals surface area contributed by atoms with E-state index in [-0.39, 0.29) is 18.2 Å². The van der Waals surface area contributed by atoms with Crippen LogP contribution in [0, 0.1) is 6.92 Å². The number of nitrogens with two attached hydrogens (primary N) is 1. The summed E-state index contributed by atoms with van der Waals surface area (Å²) in [4.78, 5) is 12.1. The molecule has 4 nitrogen and oxygen atoms in total. The second-order valence-corrected chi connectivity index (χ2v) is 5.83. The van der Waals surface area contributed by atoms with E-state index in [0.717, 1.165) is 22.9 Å². The van der Waals surface area contributed by atoms with E-state index >= 15 is 0 Å². The van der Waals surface area contributed by atoms with E-state index in [1.165, 1.54) is 0 Å². The van der Waals surface area contributed by atoms with Crippen molar-refractivity contribution in [1.82, 2.24) is 0 Å². The maximum absolute atomic E-state index is 12.1. The number of benzene rings is 1. The van der Waals surface area contributed by atoms with Crippen LogP contribution in [-0.2, 0) is 9.47 Å². The molecule has 1 aromatic rings. The summed E-state index contributed by atoms with van der Waals surface area (Å²) in [5, 5.41) is 0. The smallest absolute Gasteiger partial charge is 0.338 e. The van der Waals surface area contributed by atoms with Gasteiger partial charge in [-0.1, -0.05) is 15.9 Å². The van der Waals surface area contributed by atoms with Gasteiger partial charge in [-0.05, 0) is 44.4 Å². The first-order valence-electron chi connectivity index (χ1n) is 6.35. The molecular weight excluding hydrogens is 310 g/mol. The molecule has 1 aromatic carbocycles. The van der Waals surface area contributed by atoms with Crippen LogP contribution in [0.25, 0.3) is 0 Å². The van der Waals surface area contributed by atoms with E-state index in [9.17, 15) is 4.79 Å². The molecule has 1 aliphatic rings. The summed E-state index contributed by atoms with van der Waals surface area (Å²) in [6, 6.07) is 3.50. The first-order valence-corrected chi connectivity index (χ1v) is 7.15. The molecule has 5 heteroatoms. The zero-order valence-corrected chi connectivity index (χ0v) is 12.7. The van der Waals surface area contributed by atoms with Crippen LogP contribution in [0.5, 0.6) is 0 Å². The Morgan fingerprint density at radius 3 is 2.89 bits per heavy atom. The number of rotatable bonds is 3. The summed E-state index contributed by atoms with van der Waals surface area (Å²) in [5.41, 5.74) is 7.65. The van der Waals surface area contributed by atoms with Gasteiger partial charge in [-0.3, -0.25) is 0 Å². The summed E-state index contributed by atoms with van der Waals surface area (Å²) < 4.78 is 11.7. The first-order chi connectivity index (χ1) is 8.97. The van der Waals surface area contributed by atoms with Crippen molar-refractivity contribution in [2.75, 3.05) is 12.3 Å². The Hall–Kier alpha value is -1.07. The summed E-state index contributed by atoms with van der Waals surface area (Å²) in [6.45, 7) is 4.14. The quantitative estimate of drug-likeness (QED) is 0.684. The van der Waals surface area contributed by atoms with E-state index in [2.05, 4.69) is 15.9 Å². The molecule has 104 valence electrons. The van der Waals surface area contributed by atoms with Crippen LogP contribution in [0.1, 0.15) is 35.7 Å². The highest BCUT2D eigenvalue weighted by Gasteiger charge is 2.23. The predicted molar refractivity (Wildman–Crippen MR) is 77.1 cm³/mol. The van der Waals surface area contributed by atoms with Gasteiger partial charge in [-0.15, -0.1) is 0 Å². The van der Waals surface area contributed by atoms with Gasteiger partial charge in [-0.2, -0.15) is 0 Å². The molecule has 1 heterocycles. The van der Waals surface area contributed by atoms with Gasteiger partial charge >= 0.3 is 5.97 Å². The lowest BCUT2D eigenvalue weighted by Gasteiger charge is -2.13. The lowest BCUT2D eigenvalue weighted by atomic mass is 10.1. The summed E-state index contributed by atoms with van der Waals surface area (Å²) in [7, 11) is 0. The fourth-order valence-electron chi connectivity index (χ4n) is 2.17. The van der Waals surface area contributed by atoms with E-state index in [1.807, 2.05) is 13.8 Å². The second-order valence-electron chi connectivity index (χ2n) is 4.91. The zero-order valence-electron chi connectivity index (χ0n) is 11.1. The number of nitrogen functional groups attached to an aromatic ring is 1. The lowest BCUT2D eigenvalue weighted by molar-refractivity contribution is -0.00270. The number of esters is 1. The maximum Gasteiger partial charge on any atom is 0.338 e. The SMILES string of the molecule is Cc1c(N)cc(Br)cc1C(=O)OCC1CCC(C)O1. The third kappa shape index (κ3) is 3.48. The minimum absolute atomic E-state index is 0.0174. The zero-order chi connectivity index (χ0) is 14.0. The molecule has 1 fully saturated rings. The molecule has 0 amide bonds. The molecule has 19 heavy (non-hydrogen) atoms. The normalized spacial score (nSPS) is 22.5. The van der Waals surface area contributed by atoms with Crippen LogP contribution >= 0.6 is 15.9 Å². The van der Waals surface area contributed by atoms with Crippen molar-refractivity contribution >= 4 is 27.6 Å². The lowest BCUT2D eigenvalue weighted by Crippen LogP contribution is -2.19. The molecule has 0 spiro atoms. The Bertz CT molecular complexity index is 490.